The molecule has 0 radical (unpaired) electrons. The molecule has 0 N–H and O–H groups in total. The first-order valence-electron chi connectivity index (χ1n) is 9.78. The lowest BCUT2D eigenvalue weighted by molar-refractivity contribution is -0.141. The molecule has 1 saturated heterocycles. The second-order valence-electron chi connectivity index (χ2n) is 8.73. The van der Waals surface area contributed by atoms with Crippen LogP contribution in [-0.4, -0.2) is 43.6 Å². The van der Waals surface area contributed by atoms with E-state index in [9.17, 15) is 4.79 Å². The van der Waals surface area contributed by atoms with E-state index < -0.39 is 0 Å². The zero-order chi connectivity index (χ0) is 19.8. The van der Waals surface area contributed by atoms with Gasteiger partial charge in [0.05, 0.1) is 17.1 Å². The predicted molar refractivity (Wildman–Crippen MR) is 106 cm³/mol. The zero-order valence-electron chi connectivity index (χ0n) is 17.4. The van der Waals surface area contributed by atoms with E-state index >= 15 is 0 Å². The molecule has 1 aliphatic rings. The molecular formula is C21H31N5O. The van der Waals surface area contributed by atoms with E-state index in [2.05, 4.69) is 22.0 Å². The lowest BCUT2D eigenvalue weighted by atomic mass is 9.88. The number of carbonyl (C=O) groups is 1. The molecule has 146 valence electrons. The van der Waals surface area contributed by atoms with Crippen molar-refractivity contribution >= 4 is 5.91 Å². The molecule has 3 heterocycles. The second-order valence-corrected chi connectivity index (χ2v) is 8.73. The Balaban J connectivity index is 1.84. The van der Waals surface area contributed by atoms with Gasteiger partial charge in [-0.3, -0.25) is 19.4 Å². The summed E-state index contributed by atoms with van der Waals surface area (Å²) in [7, 11) is 1.96. The van der Waals surface area contributed by atoms with E-state index in [1.165, 1.54) is 0 Å². The Labute approximate surface area is 162 Å². The molecule has 1 fully saturated rings. The topological polar surface area (TPSA) is 63.9 Å². The van der Waals surface area contributed by atoms with Gasteiger partial charge in [-0.25, -0.2) is 0 Å². The Kier molecular flexibility index (Phi) is 5.36. The molecule has 0 bridgehead atoms. The third-order valence-corrected chi connectivity index (χ3v) is 5.45. The molecule has 2 aromatic heterocycles. The van der Waals surface area contributed by atoms with Crippen LogP contribution in [0.2, 0.25) is 0 Å². The molecule has 0 aliphatic carbocycles. The van der Waals surface area contributed by atoms with Gasteiger partial charge in [0.2, 0.25) is 5.91 Å². The fourth-order valence-electron chi connectivity index (χ4n) is 4.01. The van der Waals surface area contributed by atoms with Crippen molar-refractivity contribution in [1.82, 2.24) is 24.6 Å². The van der Waals surface area contributed by atoms with Gasteiger partial charge >= 0.3 is 0 Å². The van der Waals surface area contributed by atoms with Gasteiger partial charge in [0, 0.05) is 49.2 Å². The van der Waals surface area contributed by atoms with Crippen molar-refractivity contribution in [3.63, 3.8) is 0 Å². The van der Waals surface area contributed by atoms with Gasteiger partial charge in [-0.15, -0.1) is 0 Å². The fraction of sp³-hybridized carbons (Fsp3) is 0.619. The number of aryl methyl sites for hydroxylation is 2. The van der Waals surface area contributed by atoms with Gasteiger partial charge < -0.3 is 4.90 Å². The maximum Gasteiger partial charge on any atom is 0.227 e. The van der Waals surface area contributed by atoms with Crippen molar-refractivity contribution in [2.75, 3.05) is 13.1 Å². The van der Waals surface area contributed by atoms with Crippen LogP contribution in [0.25, 0.3) is 11.3 Å². The highest BCUT2D eigenvalue weighted by atomic mass is 16.2. The minimum atomic E-state index is -0.330. The first-order valence-corrected chi connectivity index (χ1v) is 9.78. The van der Waals surface area contributed by atoms with E-state index in [0.717, 1.165) is 60.7 Å². The van der Waals surface area contributed by atoms with Crippen molar-refractivity contribution in [2.45, 2.75) is 53.9 Å². The molecule has 27 heavy (non-hydrogen) atoms. The van der Waals surface area contributed by atoms with Crippen LogP contribution in [0.4, 0.5) is 0 Å². The first kappa shape index (κ1) is 19.5. The van der Waals surface area contributed by atoms with Crippen LogP contribution < -0.4 is 0 Å². The Bertz CT molecular complexity index is 834. The van der Waals surface area contributed by atoms with Gasteiger partial charge in [0.25, 0.3) is 0 Å². The van der Waals surface area contributed by atoms with Crippen LogP contribution in [0.5, 0.6) is 0 Å². The minimum absolute atomic E-state index is 0.241. The third kappa shape index (κ3) is 4.04. The number of nitrogens with zero attached hydrogens (tertiary/aromatic N) is 5. The number of aromatic nitrogens is 4. The Morgan fingerprint density at radius 1 is 1.22 bits per heavy atom. The number of carbonyl (C=O) groups excluding carboxylic acids is 1. The number of piperidine rings is 1. The summed E-state index contributed by atoms with van der Waals surface area (Å²) in [6, 6.07) is 0. The predicted octanol–water partition coefficient (Wildman–Crippen LogP) is 3.32. The average Bonchev–Trinajstić information content (AvgIpc) is 2.86. The molecule has 6 heteroatoms. The largest absolute Gasteiger partial charge is 0.342 e. The van der Waals surface area contributed by atoms with Crippen LogP contribution >= 0.6 is 0 Å². The fourth-order valence-corrected chi connectivity index (χ4v) is 4.01. The summed E-state index contributed by atoms with van der Waals surface area (Å²) in [5.74, 6) is 0.656. The van der Waals surface area contributed by atoms with E-state index in [-0.39, 0.29) is 11.3 Å². The summed E-state index contributed by atoms with van der Waals surface area (Å²) in [5.41, 5.74) is 4.77. The van der Waals surface area contributed by atoms with Crippen molar-refractivity contribution in [3.05, 3.63) is 29.5 Å². The van der Waals surface area contributed by atoms with Gasteiger partial charge in [0.1, 0.15) is 0 Å². The van der Waals surface area contributed by atoms with E-state index in [0.29, 0.717) is 5.92 Å². The molecule has 0 saturated carbocycles. The van der Waals surface area contributed by atoms with Crippen LogP contribution in [-0.2, 0) is 18.3 Å². The first-order chi connectivity index (χ1) is 12.7. The highest BCUT2D eigenvalue weighted by molar-refractivity contribution is 5.81. The van der Waals surface area contributed by atoms with Gasteiger partial charge in [-0.05, 0) is 39.0 Å². The molecule has 3 rings (SSSR count). The van der Waals surface area contributed by atoms with Crippen LogP contribution in [0.15, 0.2) is 12.4 Å². The van der Waals surface area contributed by atoms with E-state index in [1.807, 2.05) is 44.3 Å². The smallest absolute Gasteiger partial charge is 0.227 e. The number of hydrogen-bond acceptors (Lipinski definition) is 4. The SMILES string of the molecule is Cc1nn(C)c(C)c1-c1nccnc1CC1CCCN(C(=O)C(C)(C)C)C1. The summed E-state index contributed by atoms with van der Waals surface area (Å²) in [4.78, 5) is 24.0. The summed E-state index contributed by atoms with van der Waals surface area (Å²) in [5, 5.41) is 4.53. The summed E-state index contributed by atoms with van der Waals surface area (Å²) in [6.45, 7) is 11.7. The molecule has 2 aromatic rings. The number of rotatable bonds is 3. The van der Waals surface area contributed by atoms with Gasteiger partial charge in [-0.2, -0.15) is 5.10 Å². The number of hydrogen-bond donors (Lipinski definition) is 0. The normalized spacial score (nSPS) is 18.0. The number of likely N-dealkylation sites (tertiary alicyclic amines) is 1. The molecule has 1 atom stereocenters. The maximum absolute atomic E-state index is 12.7. The molecule has 1 aliphatic heterocycles. The monoisotopic (exact) mass is 369 g/mol. The molecule has 1 amide bonds. The Morgan fingerprint density at radius 2 is 1.93 bits per heavy atom. The zero-order valence-corrected chi connectivity index (χ0v) is 17.4. The second kappa shape index (κ2) is 7.41. The minimum Gasteiger partial charge on any atom is -0.342 e. The highest BCUT2D eigenvalue weighted by Gasteiger charge is 2.31. The lowest BCUT2D eigenvalue weighted by Gasteiger charge is -2.36. The van der Waals surface area contributed by atoms with Crippen molar-refractivity contribution in [3.8, 4) is 11.3 Å². The summed E-state index contributed by atoms with van der Waals surface area (Å²) < 4.78 is 1.90. The van der Waals surface area contributed by atoms with Crippen molar-refractivity contribution in [1.29, 1.82) is 0 Å². The quantitative estimate of drug-likeness (QED) is 0.832. The third-order valence-electron chi connectivity index (χ3n) is 5.45. The summed E-state index contributed by atoms with van der Waals surface area (Å²) >= 11 is 0. The molecule has 0 aromatic carbocycles. The Hall–Kier alpha value is -2.24. The van der Waals surface area contributed by atoms with E-state index in [4.69, 9.17) is 0 Å². The average molecular weight is 370 g/mol. The van der Waals surface area contributed by atoms with E-state index in [1.54, 1.807) is 12.4 Å². The lowest BCUT2D eigenvalue weighted by Crippen LogP contribution is -2.45. The summed E-state index contributed by atoms with van der Waals surface area (Å²) in [6.07, 6.45) is 6.52. The van der Waals surface area contributed by atoms with Crippen molar-refractivity contribution in [2.24, 2.45) is 18.4 Å². The van der Waals surface area contributed by atoms with Crippen LogP contribution in [0.3, 0.4) is 0 Å². The van der Waals surface area contributed by atoms with Crippen LogP contribution in [0.1, 0.15) is 50.7 Å². The van der Waals surface area contributed by atoms with Gasteiger partial charge in [-0.1, -0.05) is 20.8 Å². The standard InChI is InChI=1S/C21H31N5O/c1-14-18(15(2)25(6)24-14)19-17(22-9-10-23-19)12-16-8-7-11-26(13-16)20(27)21(3,4)5/h9-10,16H,7-8,11-13H2,1-6H3. The molecule has 1 unspecified atom stereocenters. The Morgan fingerprint density at radius 3 is 2.56 bits per heavy atom. The molecule has 0 spiro atoms. The van der Waals surface area contributed by atoms with Gasteiger partial charge in [0.15, 0.2) is 0 Å². The molecular weight excluding hydrogens is 338 g/mol. The number of amides is 1. The van der Waals surface area contributed by atoms with Crippen molar-refractivity contribution < 1.29 is 4.79 Å². The molecule has 6 nitrogen and oxygen atoms in total. The maximum atomic E-state index is 12.7. The highest BCUT2D eigenvalue weighted by Crippen LogP contribution is 2.30. The van der Waals surface area contributed by atoms with Crippen LogP contribution in [0, 0.1) is 25.2 Å².